The highest BCUT2D eigenvalue weighted by Crippen LogP contribution is 2.26. The van der Waals surface area contributed by atoms with Gasteiger partial charge in [-0.05, 0) is 39.0 Å². The zero-order chi connectivity index (χ0) is 15.6. The van der Waals surface area contributed by atoms with Gasteiger partial charge >= 0.3 is 5.97 Å². The number of carbonyl (C=O) groups is 1. The molecule has 0 spiro atoms. The Bertz CT molecular complexity index is 605. The van der Waals surface area contributed by atoms with Gasteiger partial charge in [-0.3, -0.25) is 4.72 Å². The second-order valence-electron chi connectivity index (χ2n) is 5.18. The largest absolute Gasteiger partial charge is 0.495 e. The van der Waals surface area contributed by atoms with Gasteiger partial charge in [0.15, 0.2) is 0 Å². The third-order valence-corrected chi connectivity index (χ3v) is 3.50. The average Bonchev–Trinajstić information content (AvgIpc) is 2.24. The molecule has 7 nitrogen and oxygen atoms in total. The fourth-order valence-electron chi connectivity index (χ4n) is 1.49. The van der Waals surface area contributed by atoms with Gasteiger partial charge in [-0.2, -0.15) is 13.1 Å². The number of carboxylic acid groups (broad SMARTS) is 1. The lowest BCUT2D eigenvalue weighted by atomic mass is 10.1. The van der Waals surface area contributed by atoms with E-state index in [1.54, 1.807) is 20.8 Å². The van der Waals surface area contributed by atoms with E-state index in [9.17, 15) is 13.2 Å². The maximum absolute atomic E-state index is 11.9. The summed E-state index contributed by atoms with van der Waals surface area (Å²) in [5.74, 6) is -0.925. The summed E-state index contributed by atoms with van der Waals surface area (Å²) in [5, 5.41) is 8.92. The molecule has 112 valence electrons. The fourth-order valence-corrected chi connectivity index (χ4v) is 2.80. The highest BCUT2D eigenvalue weighted by molar-refractivity contribution is 7.90. The Morgan fingerprint density at radius 1 is 1.30 bits per heavy atom. The Labute approximate surface area is 118 Å². The van der Waals surface area contributed by atoms with E-state index < -0.39 is 21.7 Å². The van der Waals surface area contributed by atoms with Gasteiger partial charge < -0.3 is 9.84 Å². The molecule has 0 atom stereocenters. The first kappa shape index (κ1) is 16.3. The lowest BCUT2D eigenvalue weighted by Gasteiger charge is -2.21. The topological polar surface area (TPSA) is 105 Å². The molecule has 0 unspecified atom stereocenters. The second kappa shape index (κ2) is 5.68. The standard InChI is InChI=1S/C12H18N2O5S/c1-12(2,3)14-20(17,18)13-9-7-8(11(15)16)5-6-10(9)19-4/h5-7,13-14H,1-4H3,(H,15,16). The van der Waals surface area contributed by atoms with Crippen LogP contribution in [0.1, 0.15) is 31.1 Å². The van der Waals surface area contributed by atoms with Gasteiger partial charge in [-0.25, -0.2) is 4.79 Å². The fraction of sp³-hybridized carbons (Fsp3) is 0.417. The Balaban J connectivity index is 3.13. The van der Waals surface area contributed by atoms with Crippen molar-refractivity contribution in [1.82, 2.24) is 4.72 Å². The van der Waals surface area contributed by atoms with E-state index in [-0.39, 0.29) is 17.0 Å². The summed E-state index contributed by atoms with van der Waals surface area (Å²) >= 11 is 0. The van der Waals surface area contributed by atoms with Crippen LogP contribution in [0, 0.1) is 0 Å². The summed E-state index contributed by atoms with van der Waals surface area (Å²) in [5.41, 5.74) is -0.646. The van der Waals surface area contributed by atoms with Crippen molar-refractivity contribution in [3.8, 4) is 5.75 Å². The number of nitrogens with one attached hydrogen (secondary N) is 2. The normalized spacial score (nSPS) is 12.0. The summed E-state index contributed by atoms with van der Waals surface area (Å²) in [6.07, 6.45) is 0. The van der Waals surface area contributed by atoms with E-state index in [0.29, 0.717) is 0 Å². The number of benzene rings is 1. The minimum atomic E-state index is -3.84. The molecule has 1 aromatic rings. The second-order valence-corrected chi connectivity index (χ2v) is 6.59. The Hall–Kier alpha value is -1.80. The SMILES string of the molecule is COc1ccc(C(=O)O)cc1NS(=O)(=O)NC(C)(C)C. The highest BCUT2D eigenvalue weighted by Gasteiger charge is 2.21. The zero-order valence-electron chi connectivity index (χ0n) is 11.7. The molecular weight excluding hydrogens is 284 g/mol. The van der Waals surface area contributed by atoms with Gasteiger partial charge in [-0.15, -0.1) is 0 Å². The number of ether oxygens (including phenoxy) is 1. The number of hydrogen-bond acceptors (Lipinski definition) is 4. The van der Waals surface area contributed by atoms with Crippen LogP contribution < -0.4 is 14.2 Å². The van der Waals surface area contributed by atoms with Crippen molar-refractivity contribution in [1.29, 1.82) is 0 Å². The molecule has 0 aliphatic heterocycles. The Morgan fingerprint density at radius 3 is 2.35 bits per heavy atom. The van der Waals surface area contributed by atoms with Gasteiger partial charge in [0.2, 0.25) is 0 Å². The van der Waals surface area contributed by atoms with Crippen LogP contribution >= 0.6 is 0 Å². The Kier molecular flexibility index (Phi) is 4.61. The summed E-state index contributed by atoms with van der Waals surface area (Å²) < 4.78 is 33.6. The minimum absolute atomic E-state index is 0.0424. The number of aromatic carboxylic acids is 1. The molecule has 0 saturated heterocycles. The number of carboxylic acids is 1. The van der Waals surface area contributed by atoms with Crippen LogP contribution in [0.4, 0.5) is 5.69 Å². The first-order chi connectivity index (χ1) is 9.04. The highest BCUT2D eigenvalue weighted by atomic mass is 32.2. The monoisotopic (exact) mass is 302 g/mol. The van der Waals surface area contributed by atoms with Crippen LogP contribution in [0.2, 0.25) is 0 Å². The molecule has 0 radical (unpaired) electrons. The van der Waals surface area contributed by atoms with E-state index in [0.717, 1.165) is 0 Å². The van der Waals surface area contributed by atoms with Crippen LogP contribution in [-0.4, -0.2) is 32.1 Å². The number of rotatable bonds is 5. The molecular formula is C12H18N2O5S. The first-order valence-corrected chi connectivity index (χ1v) is 7.25. The van der Waals surface area contributed by atoms with Crippen molar-refractivity contribution in [3.05, 3.63) is 23.8 Å². The van der Waals surface area contributed by atoms with Crippen molar-refractivity contribution in [2.45, 2.75) is 26.3 Å². The smallest absolute Gasteiger partial charge is 0.335 e. The van der Waals surface area contributed by atoms with Crippen molar-refractivity contribution in [3.63, 3.8) is 0 Å². The molecule has 3 N–H and O–H groups in total. The summed E-state index contributed by atoms with van der Waals surface area (Å²) in [6.45, 7) is 5.07. The number of anilines is 1. The van der Waals surface area contributed by atoms with Crippen LogP contribution in [0.15, 0.2) is 18.2 Å². The molecule has 0 bridgehead atoms. The van der Waals surface area contributed by atoms with Crippen LogP contribution in [0.5, 0.6) is 5.75 Å². The number of hydrogen-bond donors (Lipinski definition) is 3. The maximum atomic E-state index is 11.9. The van der Waals surface area contributed by atoms with E-state index in [1.807, 2.05) is 0 Å². The Morgan fingerprint density at radius 2 is 1.90 bits per heavy atom. The van der Waals surface area contributed by atoms with Gasteiger partial charge in [0.1, 0.15) is 5.75 Å². The predicted octanol–water partition coefficient (Wildman–Crippen LogP) is 1.44. The lowest BCUT2D eigenvalue weighted by Crippen LogP contribution is -2.43. The molecule has 1 aromatic carbocycles. The third kappa shape index (κ3) is 4.71. The first-order valence-electron chi connectivity index (χ1n) is 5.77. The van der Waals surface area contributed by atoms with Crippen molar-refractivity contribution in [2.24, 2.45) is 0 Å². The van der Waals surface area contributed by atoms with Gasteiger partial charge in [-0.1, -0.05) is 0 Å². The third-order valence-electron chi connectivity index (χ3n) is 2.13. The molecule has 0 aromatic heterocycles. The summed E-state index contributed by atoms with van der Waals surface area (Å²) in [6, 6.07) is 3.91. The molecule has 20 heavy (non-hydrogen) atoms. The van der Waals surface area contributed by atoms with Crippen molar-refractivity contribution >= 4 is 21.9 Å². The molecule has 0 fully saturated rings. The van der Waals surface area contributed by atoms with E-state index >= 15 is 0 Å². The van der Waals surface area contributed by atoms with Gasteiger partial charge in [0.05, 0.1) is 18.4 Å². The van der Waals surface area contributed by atoms with Gasteiger partial charge in [0.25, 0.3) is 10.2 Å². The molecule has 0 heterocycles. The molecule has 0 aliphatic rings. The molecule has 0 saturated carbocycles. The average molecular weight is 302 g/mol. The zero-order valence-corrected chi connectivity index (χ0v) is 12.5. The predicted molar refractivity (Wildman–Crippen MR) is 75.4 cm³/mol. The summed E-state index contributed by atoms with van der Waals surface area (Å²) in [4.78, 5) is 10.9. The minimum Gasteiger partial charge on any atom is -0.495 e. The molecule has 1 rings (SSSR count). The number of methoxy groups -OCH3 is 1. The molecule has 8 heteroatoms. The molecule has 0 aliphatic carbocycles. The van der Waals surface area contributed by atoms with E-state index in [1.165, 1.54) is 25.3 Å². The summed E-state index contributed by atoms with van der Waals surface area (Å²) in [7, 11) is -2.47. The van der Waals surface area contributed by atoms with Crippen molar-refractivity contribution in [2.75, 3.05) is 11.8 Å². The quantitative estimate of drug-likeness (QED) is 0.763. The molecule has 0 amide bonds. The maximum Gasteiger partial charge on any atom is 0.335 e. The van der Waals surface area contributed by atoms with Crippen LogP contribution in [0.25, 0.3) is 0 Å². The lowest BCUT2D eigenvalue weighted by molar-refractivity contribution is 0.0697. The van der Waals surface area contributed by atoms with Crippen LogP contribution in [-0.2, 0) is 10.2 Å². The van der Waals surface area contributed by atoms with Crippen LogP contribution in [0.3, 0.4) is 0 Å². The van der Waals surface area contributed by atoms with E-state index in [2.05, 4.69) is 9.44 Å². The van der Waals surface area contributed by atoms with E-state index in [4.69, 9.17) is 9.84 Å². The van der Waals surface area contributed by atoms with Gasteiger partial charge in [0, 0.05) is 5.54 Å². The van der Waals surface area contributed by atoms with Crippen molar-refractivity contribution < 1.29 is 23.1 Å².